The van der Waals surface area contributed by atoms with Crippen LogP contribution >= 0.6 is 0 Å². The Bertz CT molecular complexity index is 669. The van der Waals surface area contributed by atoms with Crippen molar-refractivity contribution >= 4 is 5.91 Å². The average molecular weight is 317 g/mol. The molecular weight excluding hydrogens is 297 g/mol. The monoisotopic (exact) mass is 317 g/mol. The maximum Gasteiger partial charge on any atom is 0.278 e. The van der Waals surface area contributed by atoms with E-state index in [0.717, 1.165) is 44.3 Å². The Kier molecular flexibility index (Phi) is 4.69. The van der Waals surface area contributed by atoms with Crippen molar-refractivity contribution < 1.29 is 13.8 Å². The number of aryl methyl sites for hydroxylation is 2. The van der Waals surface area contributed by atoms with E-state index in [-0.39, 0.29) is 11.7 Å². The summed E-state index contributed by atoms with van der Waals surface area (Å²) in [7, 11) is 0. The third-order valence-corrected chi connectivity index (χ3v) is 4.42. The van der Waals surface area contributed by atoms with E-state index in [2.05, 4.69) is 14.9 Å². The maximum atomic E-state index is 12.9. The van der Waals surface area contributed by atoms with Crippen LogP contribution in [0.1, 0.15) is 41.0 Å². The number of carbonyl (C=O) groups is 1. The first kappa shape index (κ1) is 15.6. The second-order valence-corrected chi connectivity index (χ2v) is 6.12. The summed E-state index contributed by atoms with van der Waals surface area (Å²) in [5.41, 5.74) is 1.97. The highest BCUT2D eigenvalue weighted by atomic mass is 19.1. The van der Waals surface area contributed by atoms with E-state index in [4.69, 9.17) is 0 Å². The highest BCUT2D eigenvalue weighted by Gasteiger charge is 2.27. The lowest BCUT2D eigenvalue weighted by molar-refractivity contribution is 0.0656. The van der Waals surface area contributed by atoms with Crippen molar-refractivity contribution in [3.8, 4) is 0 Å². The van der Waals surface area contributed by atoms with Crippen LogP contribution in [0.5, 0.6) is 0 Å². The zero-order chi connectivity index (χ0) is 16.2. The second kappa shape index (κ2) is 6.89. The van der Waals surface area contributed by atoms with Crippen LogP contribution in [0, 0.1) is 18.7 Å². The van der Waals surface area contributed by atoms with Crippen LogP contribution in [-0.4, -0.2) is 34.2 Å². The molecule has 1 aliphatic heterocycles. The lowest BCUT2D eigenvalue weighted by Gasteiger charge is -2.32. The van der Waals surface area contributed by atoms with Gasteiger partial charge in [-0.1, -0.05) is 17.3 Å². The zero-order valence-electron chi connectivity index (χ0n) is 13.2. The van der Waals surface area contributed by atoms with Crippen LogP contribution < -0.4 is 0 Å². The summed E-state index contributed by atoms with van der Waals surface area (Å²) in [5.74, 6) is 0.146. The van der Waals surface area contributed by atoms with E-state index in [0.29, 0.717) is 17.3 Å². The van der Waals surface area contributed by atoms with Gasteiger partial charge in [-0.15, -0.1) is 0 Å². The largest absolute Gasteiger partial charge is 0.337 e. The summed E-state index contributed by atoms with van der Waals surface area (Å²) in [6.45, 7) is 3.20. The SMILES string of the molecule is Cc1nonc1C(=O)N1CCC[C@H](CCc2ccc(F)cc2)C1. The fourth-order valence-electron chi connectivity index (χ4n) is 3.08. The number of carbonyl (C=O) groups excluding carboxylic acids is 1. The van der Waals surface area contributed by atoms with Crippen LogP contribution in [0.15, 0.2) is 28.9 Å². The summed E-state index contributed by atoms with van der Waals surface area (Å²) in [5, 5.41) is 7.38. The van der Waals surface area contributed by atoms with Crippen molar-refractivity contribution in [1.29, 1.82) is 0 Å². The third-order valence-electron chi connectivity index (χ3n) is 4.42. The summed E-state index contributed by atoms with van der Waals surface area (Å²) < 4.78 is 17.5. The second-order valence-electron chi connectivity index (χ2n) is 6.12. The van der Waals surface area contributed by atoms with E-state index in [1.54, 1.807) is 6.92 Å². The van der Waals surface area contributed by atoms with Crippen molar-refractivity contribution in [1.82, 2.24) is 15.2 Å². The van der Waals surface area contributed by atoms with Gasteiger partial charge in [0.1, 0.15) is 11.5 Å². The van der Waals surface area contributed by atoms with Gasteiger partial charge in [0.25, 0.3) is 5.91 Å². The summed E-state index contributed by atoms with van der Waals surface area (Å²) >= 11 is 0. The quantitative estimate of drug-likeness (QED) is 0.870. The molecule has 1 aromatic carbocycles. The van der Waals surface area contributed by atoms with Gasteiger partial charge in [0.05, 0.1) is 0 Å². The van der Waals surface area contributed by atoms with Gasteiger partial charge in [0, 0.05) is 13.1 Å². The lowest BCUT2D eigenvalue weighted by atomic mass is 9.91. The van der Waals surface area contributed by atoms with Gasteiger partial charge >= 0.3 is 0 Å². The van der Waals surface area contributed by atoms with E-state index in [1.165, 1.54) is 12.1 Å². The molecule has 0 N–H and O–H groups in total. The number of hydrogen-bond acceptors (Lipinski definition) is 4. The highest BCUT2D eigenvalue weighted by molar-refractivity contribution is 5.93. The van der Waals surface area contributed by atoms with Gasteiger partial charge in [0.15, 0.2) is 5.69 Å². The number of piperidine rings is 1. The molecule has 1 amide bonds. The fraction of sp³-hybridized carbons (Fsp3) is 0.471. The molecular formula is C17H20FN3O2. The fourth-order valence-corrected chi connectivity index (χ4v) is 3.08. The Morgan fingerprint density at radius 1 is 1.35 bits per heavy atom. The molecule has 6 heteroatoms. The van der Waals surface area contributed by atoms with Crippen LogP contribution in [0.3, 0.4) is 0 Å². The van der Waals surface area contributed by atoms with Gasteiger partial charge in [-0.25, -0.2) is 9.02 Å². The molecule has 0 saturated carbocycles. The minimum absolute atomic E-state index is 0.102. The van der Waals surface area contributed by atoms with E-state index in [1.807, 2.05) is 17.0 Å². The molecule has 1 atom stereocenters. The standard InChI is InChI=1S/C17H20FN3O2/c1-12-16(20-23-19-12)17(22)21-10-2-3-14(11-21)5-4-13-6-8-15(18)9-7-13/h6-9,14H,2-5,10-11H2,1H3/t14-/m1/s1. The molecule has 1 aliphatic rings. The van der Waals surface area contributed by atoms with Crippen LogP contribution in [-0.2, 0) is 6.42 Å². The van der Waals surface area contributed by atoms with Gasteiger partial charge in [-0.05, 0) is 61.4 Å². The molecule has 0 radical (unpaired) electrons. The van der Waals surface area contributed by atoms with Gasteiger partial charge in [-0.2, -0.15) is 0 Å². The first-order valence-electron chi connectivity index (χ1n) is 7.96. The van der Waals surface area contributed by atoms with Gasteiger partial charge < -0.3 is 4.90 Å². The molecule has 23 heavy (non-hydrogen) atoms. The number of aromatic nitrogens is 2. The van der Waals surface area contributed by atoms with Crippen molar-refractivity contribution in [2.45, 2.75) is 32.6 Å². The van der Waals surface area contributed by atoms with Crippen molar-refractivity contribution in [2.24, 2.45) is 5.92 Å². The number of halogens is 1. The topological polar surface area (TPSA) is 59.2 Å². The Labute approximate surface area is 134 Å². The maximum absolute atomic E-state index is 12.9. The predicted octanol–water partition coefficient (Wildman–Crippen LogP) is 3.00. The summed E-state index contributed by atoms with van der Waals surface area (Å²) in [6, 6.07) is 6.63. The Morgan fingerprint density at radius 2 is 2.13 bits per heavy atom. The smallest absolute Gasteiger partial charge is 0.278 e. The van der Waals surface area contributed by atoms with Crippen molar-refractivity contribution in [3.05, 3.63) is 47.0 Å². The molecule has 0 unspecified atom stereocenters. The molecule has 0 aliphatic carbocycles. The Hall–Kier alpha value is -2.24. The first-order valence-corrected chi connectivity index (χ1v) is 7.96. The van der Waals surface area contributed by atoms with Gasteiger partial charge in [0.2, 0.25) is 0 Å². The van der Waals surface area contributed by atoms with Crippen molar-refractivity contribution in [2.75, 3.05) is 13.1 Å². The molecule has 1 saturated heterocycles. The number of amides is 1. The minimum atomic E-state index is -0.209. The molecule has 3 rings (SSSR count). The molecule has 0 bridgehead atoms. The van der Waals surface area contributed by atoms with E-state index >= 15 is 0 Å². The Morgan fingerprint density at radius 3 is 2.83 bits per heavy atom. The number of likely N-dealkylation sites (tertiary alicyclic amines) is 1. The lowest BCUT2D eigenvalue weighted by Crippen LogP contribution is -2.40. The minimum Gasteiger partial charge on any atom is -0.337 e. The molecule has 1 fully saturated rings. The van der Waals surface area contributed by atoms with Crippen LogP contribution in [0.2, 0.25) is 0 Å². The Balaban J connectivity index is 1.57. The third kappa shape index (κ3) is 3.75. The molecule has 2 aromatic rings. The predicted molar refractivity (Wildman–Crippen MR) is 82.4 cm³/mol. The first-order chi connectivity index (χ1) is 11.1. The van der Waals surface area contributed by atoms with Crippen LogP contribution in [0.25, 0.3) is 0 Å². The normalized spacial score (nSPS) is 18.2. The number of rotatable bonds is 4. The zero-order valence-corrected chi connectivity index (χ0v) is 13.2. The number of benzene rings is 1. The average Bonchev–Trinajstić information content (AvgIpc) is 3.00. The molecule has 2 heterocycles. The van der Waals surface area contributed by atoms with Crippen molar-refractivity contribution in [3.63, 3.8) is 0 Å². The molecule has 0 spiro atoms. The molecule has 5 nitrogen and oxygen atoms in total. The summed E-state index contributed by atoms with van der Waals surface area (Å²) in [4.78, 5) is 14.3. The summed E-state index contributed by atoms with van der Waals surface area (Å²) in [6.07, 6.45) is 3.99. The van der Waals surface area contributed by atoms with Gasteiger partial charge in [-0.3, -0.25) is 4.79 Å². The number of hydrogen-bond donors (Lipinski definition) is 0. The van der Waals surface area contributed by atoms with E-state index < -0.39 is 0 Å². The molecule has 122 valence electrons. The van der Waals surface area contributed by atoms with E-state index in [9.17, 15) is 9.18 Å². The highest BCUT2D eigenvalue weighted by Crippen LogP contribution is 2.23. The number of nitrogens with zero attached hydrogens (tertiary/aromatic N) is 3. The van der Waals surface area contributed by atoms with Crippen LogP contribution in [0.4, 0.5) is 4.39 Å². The molecule has 1 aromatic heterocycles.